The van der Waals surface area contributed by atoms with Gasteiger partial charge in [-0.15, -0.1) is 13.2 Å². The second-order valence-corrected chi connectivity index (χ2v) is 7.20. The Balaban J connectivity index is 1.76. The third kappa shape index (κ3) is 3.46. The van der Waals surface area contributed by atoms with Gasteiger partial charge in [-0.25, -0.2) is 4.79 Å². The predicted molar refractivity (Wildman–Crippen MR) is 92.5 cm³/mol. The molecule has 1 amide bonds. The van der Waals surface area contributed by atoms with Gasteiger partial charge in [-0.3, -0.25) is 0 Å². The number of carboxylic acid groups (broad SMARTS) is 1. The number of amides is 1. The Labute approximate surface area is 154 Å². The van der Waals surface area contributed by atoms with E-state index in [2.05, 4.69) is 10.1 Å². The highest BCUT2D eigenvalue weighted by molar-refractivity contribution is 5.72. The smallest absolute Gasteiger partial charge is 0.465 e. The van der Waals surface area contributed by atoms with Gasteiger partial charge in [-0.05, 0) is 59.9 Å². The molecule has 1 spiro atoms. The Hall–Kier alpha value is -2.70. The lowest BCUT2D eigenvalue weighted by atomic mass is 9.76. The van der Waals surface area contributed by atoms with Gasteiger partial charge < -0.3 is 15.2 Å². The number of nitrogens with one attached hydrogen (secondary N) is 1. The Morgan fingerprint density at radius 2 is 1.89 bits per heavy atom. The highest BCUT2D eigenvalue weighted by Gasteiger charge is 2.52. The van der Waals surface area contributed by atoms with Gasteiger partial charge in [0.05, 0.1) is 6.04 Å². The van der Waals surface area contributed by atoms with Crippen molar-refractivity contribution in [3.8, 4) is 16.9 Å². The largest absolute Gasteiger partial charge is 0.573 e. The highest BCUT2D eigenvalue weighted by Crippen LogP contribution is 2.61. The van der Waals surface area contributed by atoms with Crippen LogP contribution in [0.3, 0.4) is 0 Å². The number of aryl methyl sites for hydroxylation is 1. The van der Waals surface area contributed by atoms with Crippen molar-refractivity contribution in [1.82, 2.24) is 5.32 Å². The van der Waals surface area contributed by atoms with Gasteiger partial charge in [-0.1, -0.05) is 30.3 Å². The molecule has 1 unspecified atom stereocenters. The van der Waals surface area contributed by atoms with Crippen LogP contribution >= 0.6 is 0 Å². The summed E-state index contributed by atoms with van der Waals surface area (Å²) in [6, 6.07) is 11.1. The lowest BCUT2D eigenvalue weighted by molar-refractivity contribution is -0.274. The zero-order chi connectivity index (χ0) is 19.2. The Morgan fingerprint density at radius 3 is 2.56 bits per heavy atom. The summed E-state index contributed by atoms with van der Waals surface area (Å²) in [4.78, 5) is 11.3. The molecular formula is C20H18F3NO3. The van der Waals surface area contributed by atoms with Crippen molar-refractivity contribution in [3.05, 3.63) is 53.6 Å². The van der Waals surface area contributed by atoms with Crippen LogP contribution in [0.4, 0.5) is 18.0 Å². The molecule has 1 atom stereocenters. The molecule has 2 N–H and O–H groups in total. The van der Waals surface area contributed by atoms with E-state index in [-0.39, 0.29) is 17.2 Å². The van der Waals surface area contributed by atoms with E-state index in [0.29, 0.717) is 11.1 Å². The molecule has 7 heteroatoms. The van der Waals surface area contributed by atoms with Crippen LogP contribution in [0.1, 0.15) is 36.4 Å². The molecule has 1 fully saturated rings. The number of rotatable bonds is 3. The fourth-order valence-electron chi connectivity index (χ4n) is 4.09. The van der Waals surface area contributed by atoms with Gasteiger partial charge in [-0.2, -0.15) is 0 Å². The fraction of sp³-hybridized carbons (Fsp3) is 0.350. The predicted octanol–water partition coefficient (Wildman–Crippen LogP) is 5.29. The number of halogens is 3. The van der Waals surface area contributed by atoms with Crippen molar-refractivity contribution in [2.24, 2.45) is 5.41 Å². The van der Waals surface area contributed by atoms with Gasteiger partial charge in [0, 0.05) is 5.56 Å². The molecule has 0 saturated heterocycles. The van der Waals surface area contributed by atoms with Crippen molar-refractivity contribution in [1.29, 1.82) is 0 Å². The molecule has 0 aromatic heterocycles. The number of hydrogen-bond acceptors (Lipinski definition) is 2. The van der Waals surface area contributed by atoms with E-state index in [4.69, 9.17) is 0 Å². The van der Waals surface area contributed by atoms with Crippen LogP contribution in [0.2, 0.25) is 0 Å². The number of carbonyl (C=O) groups is 1. The molecule has 1 saturated carbocycles. The van der Waals surface area contributed by atoms with Gasteiger partial charge in [0.25, 0.3) is 0 Å². The molecule has 2 aliphatic carbocycles. The van der Waals surface area contributed by atoms with Gasteiger partial charge in [0.15, 0.2) is 0 Å². The number of para-hydroxylation sites is 1. The van der Waals surface area contributed by atoms with Crippen molar-refractivity contribution in [3.63, 3.8) is 0 Å². The van der Waals surface area contributed by atoms with Crippen LogP contribution in [0.25, 0.3) is 11.1 Å². The summed E-state index contributed by atoms with van der Waals surface area (Å²) in [6.45, 7) is 0. The van der Waals surface area contributed by atoms with E-state index >= 15 is 0 Å². The topological polar surface area (TPSA) is 58.6 Å². The number of hydrogen-bond donors (Lipinski definition) is 2. The third-order valence-electron chi connectivity index (χ3n) is 5.55. The van der Waals surface area contributed by atoms with Gasteiger partial charge in [0.1, 0.15) is 5.75 Å². The molecule has 27 heavy (non-hydrogen) atoms. The molecule has 0 heterocycles. The van der Waals surface area contributed by atoms with Crippen LogP contribution in [0.15, 0.2) is 42.5 Å². The maximum Gasteiger partial charge on any atom is 0.573 e. The lowest BCUT2D eigenvalue weighted by Gasteiger charge is -2.34. The summed E-state index contributed by atoms with van der Waals surface area (Å²) < 4.78 is 42.4. The average Bonchev–Trinajstić information content (AvgIpc) is 3.37. The normalized spacial score (nSPS) is 20.0. The van der Waals surface area contributed by atoms with Crippen LogP contribution in [0.5, 0.6) is 5.75 Å². The Kier molecular flexibility index (Phi) is 4.05. The first kappa shape index (κ1) is 17.7. The number of alkyl halides is 3. The standard InChI is InChI=1S/C20H18F3NO3/c21-20(22,23)27-16-4-2-1-3-14(16)13-6-5-12-7-8-19(9-10-19)17(15(12)11-13)24-18(25)26/h1-6,11,17,24H,7-10H2,(H,25,26). The summed E-state index contributed by atoms with van der Waals surface area (Å²) >= 11 is 0. The first-order valence-corrected chi connectivity index (χ1v) is 8.75. The van der Waals surface area contributed by atoms with Crippen LogP contribution in [-0.4, -0.2) is 17.6 Å². The van der Waals surface area contributed by atoms with Crippen molar-refractivity contribution in [2.75, 3.05) is 0 Å². The lowest BCUT2D eigenvalue weighted by Crippen LogP contribution is -2.36. The summed E-state index contributed by atoms with van der Waals surface area (Å²) in [5, 5.41) is 11.9. The first-order chi connectivity index (χ1) is 12.8. The molecule has 142 valence electrons. The highest BCUT2D eigenvalue weighted by atomic mass is 19.4. The van der Waals surface area contributed by atoms with E-state index in [9.17, 15) is 23.1 Å². The minimum absolute atomic E-state index is 0.0635. The minimum Gasteiger partial charge on any atom is -0.465 e. The number of fused-ring (bicyclic) bond motifs is 1. The molecule has 0 aliphatic heterocycles. The molecule has 0 radical (unpaired) electrons. The molecule has 4 rings (SSSR count). The summed E-state index contributed by atoms with van der Waals surface area (Å²) in [5.41, 5.74) is 2.71. The molecule has 4 nitrogen and oxygen atoms in total. The van der Waals surface area contributed by atoms with E-state index in [1.54, 1.807) is 24.3 Å². The zero-order valence-corrected chi connectivity index (χ0v) is 14.3. The maximum absolute atomic E-state index is 12.7. The maximum atomic E-state index is 12.7. The van der Waals surface area contributed by atoms with Crippen molar-refractivity contribution in [2.45, 2.75) is 38.1 Å². The molecule has 2 aliphatic rings. The second-order valence-electron chi connectivity index (χ2n) is 7.20. The molecular weight excluding hydrogens is 359 g/mol. The van der Waals surface area contributed by atoms with E-state index in [0.717, 1.165) is 36.8 Å². The Bertz CT molecular complexity index is 890. The van der Waals surface area contributed by atoms with Gasteiger partial charge >= 0.3 is 12.5 Å². The number of benzene rings is 2. The van der Waals surface area contributed by atoms with E-state index < -0.39 is 12.5 Å². The monoisotopic (exact) mass is 377 g/mol. The average molecular weight is 377 g/mol. The molecule has 0 bridgehead atoms. The number of ether oxygens (including phenoxy) is 1. The quantitative estimate of drug-likeness (QED) is 0.764. The summed E-state index contributed by atoms with van der Waals surface area (Å²) in [6.07, 6.45) is -2.21. The van der Waals surface area contributed by atoms with Gasteiger partial charge in [0.2, 0.25) is 0 Å². The second kappa shape index (κ2) is 6.18. The molecule has 2 aromatic carbocycles. The van der Waals surface area contributed by atoms with Crippen LogP contribution < -0.4 is 10.1 Å². The molecule has 2 aromatic rings. The first-order valence-electron chi connectivity index (χ1n) is 8.75. The zero-order valence-electron chi connectivity index (χ0n) is 14.3. The fourth-order valence-corrected chi connectivity index (χ4v) is 4.09. The minimum atomic E-state index is -4.78. The summed E-state index contributed by atoms with van der Waals surface area (Å²) in [5.74, 6) is -0.273. The Morgan fingerprint density at radius 1 is 1.15 bits per heavy atom. The van der Waals surface area contributed by atoms with Crippen LogP contribution in [0, 0.1) is 5.41 Å². The van der Waals surface area contributed by atoms with E-state index in [1.807, 2.05) is 6.07 Å². The third-order valence-corrected chi connectivity index (χ3v) is 5.55. The van der Waals surface area contributed by atoms with Crippen molar-refractivity contribution < 1.29 is 27.8 Å². The van der Waals surface area contributed by atoms with Crippen LogP contribution in [-0.2, 0) is 6.42 Å². The SMILES string of the molecule is O=C(O)NC1c2cc(-c3ccccc3OC(F)(F)F)ccc2CCC12CC2. The van der Waals surface area contributed by atoms with Crippen molar-refractivity contribution >= 4 is 6.09 Å². The van der Waals surface area contributed by atoms with E-state index in [1.165, 1.54) is 12.1 Å². The summed E-state index contributed by atoms with van der Waals surface area (Å²) in [7, 11) is 0.